The van der Waals surface area contributed by atoms with Crippen LogP contribution in [0.15, 0.2) is 54.6 Å². The van der Waals surface area contributed by atoms with Crippen molar-refractivity contribution in [2.75, 3.05) is 17.7 Å². The van der Waals surface area contributed by atoms with Gasteiger partial charge in [-0.1, -0.05) is 0 Å². The summed E-state index contributed by atoms with van der Waals surface area (Å²) in [6.45, 7) is 1.84. The van der Waals surface area contributed by atoms with Gasteiger partial charge in [0, 0.05) is 17.4 Å². The normalized spacial score (nSPS) is 9.96. The molecule has 0 unspecified atom stereocenters. The molecule has 2 aromatic carbocycles. The monoisotopic (exact) mass is 331 g/mol. The van der Waals surface area contributed by atoms with Crippen LogP contribution in [0.5, 0.6) is 5.75 Å². The molecule has 1 heterocycles. The molecule has 3 rings (SSSR count). The molecule has 25 heavy (non-hydrogen) atoms. The van der Waals surface area contributed by atoms with Gasteiger partial charge in [-0.2, -0.15) is 5.26 Å². The highest BCUT2D eigenvalue weighted by molar-refractivity contribution is 5.64. The average Bonchev–Trinajstić information content (AvgIpc) is 2.62. The van der Waals surface area contributed by atoms with Crippen LogP contribution in [0.4, 0.5) is 23.0 Å². The van der Waals surface area contributed by atoms with Gasteiger partial charge >= 0.3 is 0 Å². The van der Waals surface area contributed by atoms with Crippen molar-refractivity contribution in [2.24, 2.45) is 0 Å². The van der Waals surface area contributed by atoms with Crippen molar-refractivity contribution in [1.29, 1.82) is 5.26 Å². The summed E-state index contributed by atoms with van der Waals surface area (Å²) in [5.41, 5.74) is 2.38. The fourth-order valence-corrected chi connectivity index (χ4v) is 2.29. The lowest BCUT2D eigenvalue weighted by atomic mass is 10.2. The van der Waals surface area contributed by atoms with Gasteiger partial charge in [0.2, 0.25) is 0 Å². The van der Waals surface area contributed by atoms with E-state index in [1.54, 1.807) is 19.2 Å². The Morgan fingerprint density at radius 1 is 0.880 bits per heavy atom. The van der Waals surface area contributed by atoms with E-state index in [0.29, 0.717) is 23.0 Å². The molecule has 0 aliphatic heterocycles. The quantitative estimate of drug-likeness (QED) is 0.730. The molecule has 0 saturated heterocycles. The van der Waals surface area contributed by atoms with Crippen LogP contribution in [-0.4, -0.2) is 17.1 Å². The second kappa shape index (κ2) is 7.32. The highest BCUT2D eigenvalue weighted by Crippen LogP contribution is 2.22. The summed E-state index contributed by atoms with van der Waals surface area (Å²) in [5, 5.41) is 15.3. The molecule has 6 nitrogen and oxygen atoms in total. The number of benzene rings is 2. The lowest BCUT2D eigenvalue weighted by molar-refractivity contribution is 0.415. The van der Waals surface area contributed by atoms with Gasteiger partial charge in [-0.05, 0) is 55.5 Å². The highest BCUT2D eigenvalue weighted by Gasteiger charge is 2.04. The smallest absolute Gasteiger partial charge is 0.136 e. The molecule has 3 aromatic rings. The third kappa shape index (κ3) is 4.24. The van der Waals surface area contributed by atoms with E-state index >= 15 is 0 Å². The summed E-state index contributed by atoms with van der Waals surface area (Å²) in [7, 11) is 1.64. The van der Waals surface area contributed by atoms with Crippen molar-refractivity contribution in [2.45, 2.75) is 6.92 Å². The topological polar surface area (TPSA) is 82.9 Å². The summed E-state index contributed by atoms with van der Waals surface area (Å²) in [6, 6.07) is 18.7. The first-order valence-corrected chi connectivity index (χ1v) is 7.70. The van der Waals surface area contributed by atoms with E-state index in [1.807, 2.05) is 49.4 Å². The third-order valence-corrected chi connectivity index (χ3v) is 3.49. The molecule has 124 valence electrons. The maximum atomic E-state index is 8.86. The predicted molar refractivity (Wildman–Crippen MR) is 97.5 cm³/mol. The number of hydrogen-bond acceptors (Lipinski definition) is 6. The summed E-state index contributed by atoms with van der Waals surface area (Å²) in [6.07, 6.45) is 0. The number of nitriles is 1. The Labute approximate surface area is 146 Å². The molecule has 0 fully saturated rings. The summed E-state index contributed by atoms with van der Waals surface area (Å²) >= 11 is 0. The predicted octanol–water partition coefficient (Wildman–Crippen LogP) is 4.15. The van der Waals surface area contributed by atoms with Crippen LogP contribution in [0.25, 0.3) is 0 Å². The lowest BCUT2D eigenvalue weighted by Gasteiger charge is -2.11. The molecule has 0 aliphatic rings. The van der Waals surface area contributed by atoms with Gasteiger partial charge in [0.25, 0.3) is 0 Å². The molecule has 0 saturated carbocycles. The minimum Gasteiger partial charge on any atom is -0.497 e. The first-order chi connectivity index (χ1) is 12.2. The maximum Gasteiger partial charge on any atom is 0.136 e. The van der Waals surface area contributed by atoms with Crippen molar-refractivity contribution >= 4 is 23.0 Å². The van der Waals surface area contributed by atoms with E-state index in [0.717, 1.165) is 17.1 Å². The van der Waals surface area contributed by atoms with E-state index in [4.69, 9.17) is 10.00 Å². The SMILES string of the molecule is COc1ccc(Nc2cc(Nc3ccc(C#N)cc3)nc(C)n2)cc1. The molecule has 0 radical (unpaired) electrons. The molecule has 1 aromatic heterocycles. The van der Waals surface area contributed by atoms with Crippen LogP contribution in [0, 0.1) is 18.3 Å². The van der Waals surface area contributed by atoms with Crippen LogP contribution in [0.3, 0.4) is 0 Å². The van der Waals surface area contributed by atoms with E-state index in [9.17, 15) is 0 Å². The standard InChI is InChI=1S/C19H17N5O/c1-13-21-18(23-15-5-3-14(12-20)4-6-15)11-19(22-13)24-16-7-9-17(25-2)10-8-16/h3-11H,1-2H3,(H2,21,22,23,24). The molecule has 0 amide bonds. The number of hydrogen-bond donors (Lipinski definition) is 2. The van der Waals surface area contributed by atoms with Gasteiger partial charge < -0.3 is 15.4 Å². The zero-order chi connectivity index (χ0) is 17.6. The minimum absolute atomic E-state index is 0.617. The Hall–Kier alpha value is -3.59. The molecule has 0 atom stereocenters. The third-order valence-electron chi connectivity index (χ3n) is 3.49. The number of nitrogens with zero attached hydrogens (tertiary/aromatic N) is 3. The van der Waals surface area contributed by atoms with Crippen molar-refractivity contribution in [3.8, 4) is 11.8 Å². The molecular formula is C19H17N5O. The maximum absolute atomic E-state index is 8.86. The van der Waals surface area contributed by atoms with Gasteiger partial charge in [0.15, 0.2) is 0 Å². The van der Waals surface area contributed by atoms with Gasteiger partial charge in [0.05, 0.1) is 18.7 Å². The van der Waals surface area contributed by atoms with Crippen LogP contribution in [-0.2, 0) is 0 Å². The molecule has 0 aliphatic carbocycles. The number of anilines is 4. The number of nitrogens with one attached hydrogen (secondary N) is 2. The van der Waals surface area contributed by atoms with Crippen LogP contribution in [0.1, 0.15) is 11.4 Å². The average molecular weight is 331 g/mol. The second-order valence-electron chi connectivity index (χ2n) is 5.35. The van der Waals surface area contributed by atoms with Crippen LogP contribution >= 0.6 is 0 Å². The molecule has 0 bridgehead atoms. The number of aryl methyl sites for hydroxylation is 1. The molecule has 6 heteroatoms. The van der Waals surface area contributed by atoms with Crippen molar-refractivity contribution in [3.63, 3.8) is 0 Å². The number of aromatic nitrogens is 2. The Kier molecular flexibility index (Phi) is 4.77. The molecule has 2 N–H and O–H groups in total. The number of ether oxygens (including phenoxy) is 1. The number of rotatable bonds is 5. The van der Waals surface area contributed by atoms with Gasteiger partial charge in [-0.3, -0.25) is 0 Å². The largest absolute Gasteiger partial charge is 0.497 e. The Morgan fingerprint density at radius 2 is 1.40 bits per heavy atom. The van der Waals surface area contributed by atoms with E-state index in [-0.39, 0.29) is 0 Å². The number of methoxy groups -OCH3 is 1. The fourth-order valence-electron chi connectivity index (χ4n) is 2.29. The summed E-state index contributed by atoms with van der Waals surface area (Å²) in [5.74, 6) is 2.81. The lowest BCUT2D eigenvalue weighted by Crippen LogP contribution is -2.01. The summed E-state index contributed by atoms with van der Waals surface area (Å²) in [4.78, 5) is 8.80. The minimum atomic E-state index is 0.617. The molecular weight excluding hydrogens is 314 g/mol. The fraction of sp³-hybridized carbons (Fsp3) is 0.105. The Morgan fingerprint density at radius 3 is 1.88 bits per heavy atom. The van der Waals surface area contributed by atoms with E-state index < -0.39 is 0 Å². The Bertz CT molecular complexity index is 899. The van der Waals surface area contributed by atoms with E-state index in [2.05, 4.69) is 26.7 Å². The van der Waals surface area contributed by atoms with E-state index in [1.165, 1.54) is 0 Å². The summed E-state index contributed by atoms with van der Waals surface area (Å²) < 4.78 is 5.16. The van der Waals surface area contributed by atoms with Gasteiger partial charge in [0.1, 0.15) is 23.2 Å². The highest BCUT2D eigenvalue weighted by atomic mass is 16.5. The first kappa shape index (κ1) is 16.3. The van der Waals surface area contributed by atoms with Crippen LogP contribution in [0.2, 0.25) is 0 Å². The van der Waals surface area contributed by atoms with Crippen LogP contribution < -0.4 is 15.4 Å². The van der Waals surface area contributed by atoms with Gasteiger partial charge in [-0.15, -0.1) is 0 Å². The second-order valence-corrected chi connectivity index (χ2v) is 5.35. The Balaban J connectivity index is 1.78. The first-order valence-electron chi connectivity index (χ1n) is 7.70. The molecule has 0 spiro atoms. The zero-order valence-electron chi connectivity index (χ0n) is 13.9. The van der Waals surface area contributed by atoms with Crippen molar-refractivity contribution in [3.05, 3.63) is 66.0 Å². The van der Waals surface area contributed by atoms with Crippen molar-refractivity contribution < 1.29 is 4.74 Å². The zero-order valence-corrected chi connectivity index (χ0v) is 13.9. The van der Waals surface area contributed by atoms with Crippen molar-refractivity contribution in [1.82, 2.24) is 9.97 Å². The van der Waals surface area contributed by atoms with Gasteiger partial charge in [-0.25, -0.2) is 9.97 Å².